The molecule has 21 heavy (non-hydrogen) atoms. The average molecular weight is 283 g/mol. The third-order valence-corrected chi connectivity index (χ3v) is 3.64. The second kappa shape index (κ2) is 5.83. The van der Waals surface area contributed by atoms with Gasteiger partial charge in [-0.15, -0.1) is 0 Å². The molecule has 0 saturated heterocycles. The number of aliphatic carboxylic acids is 1. The molecular weight excluding hydrogens is 266 g/mol. The molecule has 1 N–H and O–H groups in total. The van der Waals surface area contributed by atoms with Gasteiger partial charge in [0, 0.05) is 49.0 Å². The van der Waals surface area contributed by atoms with E-state index in [1.165, 1.54) is 0 Å². The molecule has 0 bridgehead atoms. The number of fused-ring (bicyclic) bond motifs is 1. The molecule has 0 radical (unpaired) electrons. The Morgan fingerprint density at radius 3 is 2.86 bits per heavy atom. The fraction of sp³-hybridized carbons (Fsp3) is 0.250. The molecule has 0 aliphatic heterocycles. The summed E-state index contributed by atoms with van der Waals surface area (Å²) in [6.45, 7) is 1.68. The first kappa shape index (κ1) is 13.4. The van der Waals surface area contributed by atoms with Crippen LogP contribution in [-0.4, -0.2) is 25.2 Å². The zero-order valence-electron chi connectivity index (χ0n) is 11.6. The van der Waals surface area contributed by atoms with E-state index in [-0.39, 0.29) is 6.42 Å². The lowest BCUT2D eigenvalue weighted by atomic mass is 10.1. The fourth-order valence-electron chi connectivity index (χ4n) is 2.59. The third kappa shape index (κ3) is 2.97. The smallest absolute Gasteiger partial charge is 0.303 e. The Bertz CT molecular complexity index is 744. The van der Waals surface area contributed by atoms with Crippen molar-refractivity contribution >= 4 is 16.9 Å². The van der Waals surface area contributed by atoms with Crippen molar-refractivity contribution in [2.45, 2.75) is 25.9 Å². The number of benzene rings is 1. The summed E-state index contributed by atoms with van der Waals surface area (Å²) < 4.78 is 4.22. The van der Waals surface area contributed by atoms with Crippen molar-refractivity contribution in [2.24, 2.45) is 0 Å². The van der Waals surface area contributed by atoms with Gasteiger partial charge in [0.1, 0.15) is 0 Å². The van der Waals surface area contributed by atoms with Gasteiger partial charge in [0.05, 0.1) is 6.33 Å². The summed E-state index contributed by atoms with van der Waals surface area (Å²) in [5.74, 6) is -0.759. The van der Waals surface area contributed by atoms with Gasteiger partial charge in [0.15, 0.2) is 0 Å². The lowest BCUT2D eigenvalue weighted by Crippen LogP contribution is -2.04. The van der Waals surface area contributed by atoms with Crippen molar-refractivity contribution in [3.8, 4) is 0 Å². The largest absolute Gasteiger partial charge is 0.481 e. The van der Waals surface area contributed by atoms with Gasteiger partial charge in [-0.25, -0.2) is 4.98 Å². The number of carboxylic acids is 1. The molecule has 0 saturated carbocycles. The minimum absolute atomic E-state index is 0.162. The number of nitrogens with zero attached hydrogens (tertiary/aromatic N) is 3. The van der Waals surface area contributed by atoms with Crippen LogP contribution in [0.1, 0.15) is 12.0 Å². The molecule has 0 aliphatic rings. The van der Waals surface area contributed by atoms with Crippen LogP contribution in [0.2, 0.25) is 0 Å². The Labute approximate surface area is 122 Å². The van der Waals surface area contributed by atoms with Gasteiger partial charge in [-0.2, -0.15) is 0 Å². The Balaban J connectivity index is 1.85. The normalized spacial score (nSPS) is 11.0. The summed E-state index contributed by atoms with van der Waals surface area (Å²) in [6, 6.07) is 8.14. The maximum absolute atomic E-state index is 10.8. The predicted octanol–water partition coefficient (Wildman–Crippen LogP) is 2.56. The monoisotopic (exact) mass is 283 g/mol. The molecule has 2 aromatic heterocycles. The van der Waals surface area contributed by atoms with Crippen molar-refractivity contribution in [1.82, 2.24) is 14.1 Å². The van der Waals surface area contributed by atoms with Crippen molar-refractivity contribution in [2.75, 3.05) is 0 Å². The second-order valence-electron chi connectivity index (χ2n) is 5.06. The van der Waals surface area contributed by atoms with E-state index in [1.54, 1.807) is 12.5 Å². The number of imidazole rings is 1. The number of hydrogen-bond acceptors (Lipinski definition) is 2. The maximum Gasteiger partial charge on any atom is 0.303 e. The zero-order chi connectivity index (χ0) is 14.7. The average Bonchev–Trinajstić information content (AvgIpc) is 3.11. The van der Waals surface area contributed by atoms with Gasteiger partial charge >= 0.3 is 5.97 Å². The number of aryl methyl sites for hydroxylation is 3. The van der Waals surface area contributed by atoms with Crippen LogP contribution in [0.4, 0.5) is 0 Å². The summed E-state index contributed by atoms with van der Waals surface area (Å²) >= 11 is 0. The Hall–Kier alpha value is -2.56. The van der Waals surface area contributed by atoms with Crippen LogP contribution in [0.15, 0.2) is 49.2 Å². The highest BCUT2D eigenvalue weighted by molar-refractivity contribution is 5.84. The summed E-state index contributed by atoms with van der Waals surface area (Å²) in [4.78, 5) is 14.8. The molecule has 108 valence electrons. The SMILES string of the molecule is O=C(O)CCc1cn(CCn2ccnc2)c2ccccc12. The van der Waals surface area contributed by atoms with Crippen LogP contribution < -0.4 is 0 Å². The van der Waals surface area contributed by atoms with E-state index in [4.69, 9.17) is 5.11 Å². The Morgan fingerprint density at radius 1 is 1.24 bits per heavy atom. The van der Waals surface area contributed by atoms with Crippen molar-refractivity contribution in [3.05, 3.63) is 54.7 Å². The molecule has 5 heteroatoms. The molecule has 0 atom stereocenters. The number of hydrogen-bond donors (Lipinski definition) is 1. The van der Waals surface area contributed by atoms with Gasteiger partial charge < -0.3 is 14.2 Å². The molecule has 3 aromatic rings. The van der Waals surface area contributed by atoms with Crippen LogP contribution in [-0.2, 0) is 24.3 Å². The summed E-state index contributed by atoms with van der Waals surface area (Å²) in [7, 11) is 0. The highest BCUT2D eigenvalue weighted by Crippen LogP contribution is 2.22. The van der Waals surface area contributed by atoms with Crippen LogP contribution in [0.5, 0.6) is 0 Å². The first-order chi connectivity index (χ1) is 10.2. The number of para-hydroxylation sites is 1. The number of rotatable bonds is 6. The first-order valence-corrected chi connectivity index (χ1v) is 6.98. The van der Waals surface area contributed by atoms with Crippen LogP contribution in [0.25, 0.3) is 10.9 Å². The van der Waals surface area contributed by atoms with Gasteiger partial charge in [-0.3, -0.25) is 4.79 Å². The van der Waals surface area contributed by atoms with E-state index in [0.29, 0.717) is 6.42 Å². The minimum atomic E-state index is -0.759. The van der Waals surface area contributed by atoms with Crippen LogP contribution in [0.3, 0.4) is 0 Å². The second-order valence-corrected chi connectivity index (χ2v) is 5.06. The molecule has 0 amide bonds. The maximum atomic E-state index is 10.8. The lowest BCUT2D eigenvalue weighted by molar-refractivity contribution is -0.136. The third-order valence-electron chi connectivity index (χ3n) is 3.64. The van der Waals surface area contributed by atoms with Gasteiger partial charge in [-0.05, 0) is 18.1 Å². The Morgan fingerprint density at radius 2 is 2.10 bits per heavy atom. The summed E-state index contributed by atoms with van der Waals surface area (Å²) in [5.41, 5.74) is 2.25. The number of carboxylic acid groups (broad SMARTS) is 1. The van der Waals surface area contributed by atoms with E-state index < -0.39 is 5.97 Å². The molecule has 0 unspecified atom stereocenters. The molecule has 0 spiro atoms. The number of aromatic nitrogens is 3. The molecule has 2 heterocycles. The van der Waals surface area contributed by atoms with Crippen molar-refractivity contribution in [1.29, 1.82) is 0 Å². The van der Waals surface area contributed by atoms with Crippen molar-refractivity contribution < 1.29 is 9.90 Å². The van der Waals surface area contributed by atoms with Gasteiger partial charge in [0.25, 0.3) is 0 Å². The van der Waals surface area contributed by atoms with Crippen LogP contribution in [0, 0.1) is 0 Å². The predicted molar refractivity (Wildman–Crippen MR) is 80.1 cm³/mol. The molecule has 5 nitrogen and oxygen atoms in total. The fourth-order valence-corrected chi connectivity index (χ4v) is 2.59. The van der Waals surface area contributed by atoms with E-state index in [2.05, 4.69) is 27.9 Å². The van der Waals surface area contributed by atoms with Gasteiger partial charge in [-0.1, -0.05) is 18.2 Å². The molecule has 0 fully saturated rings. The van der Waals surface area contributed by atoms with E-state index >= 15 is 0 Å². The first-order valence-electron chi connectivity index (χ1n) is 6.98. The topological polar surface area (TPSA) is 60.0 Å². The summed E-state index contributed by atoms with van der Waals surface area (Å²) in [6.07, 6.45) is 8.31. The molecular formula is C16H17N3O2. The van der Waals surface area contributed by atoms with Gasteiger partial charge in [0.2, 0.25) is 0 Å². The van der Waals surface area contributed by atoms with E-state index in [0.717, 1.165) is 29.6 Å². The standard InChI is InChI=1S/C16H17N3O2/c20-16(21)6-5-13-11-19(10-9-18-8-7-17-12-18)15-4-2-1-3-14(13)15/h1-4,7-8,11-12H,5-6,9-10H2,(H,20,21). The quantitative estimate of drug-likeness (QED) is 0.756. The highest BCUT2D eigenvalue weighted by Gasteiger charge is 2.09. The van der Waals surface area contributed by atoms with Crippen molar-refractivity contribution in [3.63, 3.8) is 0 Å². The van der Waals surface area contributed by atoms with E-state index in [1.807, 2.05) is 22.9 Å². The zero-order valence-corrected chi connectivity index (χ0v) is 11.6. The molecule has 3 rings (SSSR count). The minimum Gasteiger partial charge on any atom is -0.481 e. The summed E-state index contributed by atoms with van der Waals surface area (Å²) in [5, 5.41) is 10.0. The molecule has 0 aliphatic carbocycles. The number of carbonyl (C=O) groups is 1. The van der Waals surface area contributed by atoms with Crippen LogP contribution >= 0.6 is 0 Å². The highest BCUT2D eigenvalue weighted by atomic mass is 16.4. The molecule has 1 aromatic carbocycles. The van der Waals surface area contributed by atoms with E-state index in [9.17, 15) is 4.79 Å². The lowest BCUT2D eigenvalue weighted by Gasteiger charge is -2.05. The Kier molecular flexibility index (Phi) is 3.73.